The Labute approximate surface area is 119 Å². The Morgan fingerprint density at radius 1 is 1.35 bits per heavy atom. The highest BCUT2D eigenvalue weighted by molar-refractivity contribution is 7.99. The Hall–Kier alpha value is -2.09. The molecule has 2 N–H and O–H groups in total. The van der Waals surface area contributed by atoms with Crippen LogP contribution in [-0.2, 0) is 4.79 Å². The van der Waals surface area contributed by atoms with Crippen molar-refractivity contribution in [2.24, 2.45) is 0 Å². The summed E-state index contributed by atoms with van der Waals surface area (Å²) in [4.78, 5) is 23.0. The Bertz CT molecular complexity index is 652. The summed E-state index contributed by atoms with van der Waals surface area (Å²) in [5.74, 6) is -0.228. The summed E-state index contributed by atoms with van der Waals surface area (Å²) < 4.78 is 1.79. The maximum atomic E-state index is 11.6. The Balaban J connectivity index is 1.53. The molecule has 1 aliphatic rings. The average Bonchev–Trinajstić information content (AvgIpc) is 3.14. The molecule has 1 aliphatic carbocycles. The van der Waals surface area contributed by atoms with Crippen LogP contribution in [0.2, 0.25) is 0 Å². The van der Waals surface area contributed by atoms with Crippen molar-refractivity contribution in [3.8, 4) is 0 Å². The van der Waals surface area contributed by atoms with E-state index in [1.807, 2.05) is 24.4 Å². The molecular formula is C12H13N5O2S. The number of imide groups is 1. The van der Waals surface area contributed by atoms with Crippen LogP contribution in [0, 0.1) is 0 Å². The highest BCUT2D eigenvalue weighted by Gasteiger charge is 2.23. The van der Waals surface area contributed by atoms with E-state index >= 15 is 0 Å². The number of aromatic nitrogens is 3. The fourth-order valence-electron chi connectivity index (χ4n) is 1.66. The van der Waals surface area contributed by atoms with Crippen LogP contribution < -0.4 is 10.6 Å². The van der Waals surface area contributed by atoms with E-state index in [2.05, 4.69) is 20.8 Å². The first kappa shape index (κ1) is 12.9. The molecule has 0 spiro atoms. The number of thioether (sulfide) groups is 1. The molecule has 8 heteroatoms. The molecule has 0 radical (unpaired) electrons. The Kier molecular flexibility index (Phi) is 3.55. The van der Waals surface area contributed by atoms with Crippen molar-refractivity contribution < 1.29 is 9.59 Å². The summed E-state index contributed by atoms with van der Waals surface area (Å²) in [7, 11) is 0. The van der Waals surface area contributed by atoms with Crippen LogP contribution in [0.1, 0.15) is 12.8 Å². The highest BCUT2D eigenvalue weighted by atomic mass is 32.2. The van der Waals surface area contributed by atoms with Crippen molar-refractivity contribution in [2.75, 3.05) is 5.75 Å². The van der Waals surface area contributed by atoms with Crippen LogP contribution in [0.3, 0.4) is 0 Å². The molecule has 0 unspecified atom stereocenters. The molecule has 0 bridgehead atoms. The number of rotatable bonds is 4. The minimum atomic E-state index is -0.427. The maximum Gasteiger partial charge on any atom is 0.321 e. The Morgan fingerprint density at radius 3 is 3.00 bits per heavy atom. The lowest BCUT2D eigenvalue weighted by Gasteiger charge is -2.04. The van der Waals surface area contributed by atoms with Crippen LogP contribution in [0.25, 0.3) is 5.65 Å². The van der Waals surface area contributed by atoms with E-state index in [4.69, 9.17) is 0 Å². The van der Waals surface area contributed by atoms with Gasteiger partial charge in [-0.05, 0) is 25.0 Å². The van der Waals surface area contributed by atoms with Crippen molar-refractivity contribution in [3.63, 3.8) is 0 Å². The largest absolute Gasteiger partial charge is 0.335 e. The molecule has 0 aromatic carbocycles. The molecule has 7 nitrogen and oxygen atoms in total. The number of carbonyl (C=O) groups excluding carboxylic acids is 2. The van der Waals surface area contributed by atoms with Crippen LogP contribution >= 0.6 is 11.8 Å². The number of hydrogen-bond acceptors (Lipinski definition) is 5. The summed E-state index contributed by atoms with van der Waals surface area (Å²) in [6, 6.07) is 5.37. The van der Waals surface area contributed by atoms with Gasteiger partial charge in [0.1, 0.15) is 0 Å². The summed E-state index contributed by atoms with van der Waals surface area (Å²) >= 11 is 1.24. The second-order valence-electron chi connectivity index (χ2n) is 4.50. The molecule has 20 heavy (non-hydrogen) atoms. The quantitative estimate of drug-likeness (QED) is 0.814. The van der Waals surface area contributed by atoms with Crippen molar-refractivity contribution in [3.05, 3.63) is 24.4 Å². The molecule has 0 aliphatic heterocycles. The van der Waals surface area contributed by atoms with E-state index in [9.17, 15) is 9.59 Å². The second-order valence-corrected chi connectivity index (χ2v) is 5.44. The first-order chi connectivity index (χ1) is 9.72. The topological polar surface area (TPSA) is 88.4 Å². The molecular weight excluding hydrogens is 278 g/mol. The number of nitrogens with one attached hydrogen (secondary N) is 2. The molecule has 3 rings (SSSR count). The van der Waals surface area contributed by atoms with Gasteiger partial charge in [-0.1, -0.05) is 17.8 Å². The number of fused-ring (bicyclic) bond motifs is 1. The molecule has 0 saturated heterocycles. The lowest BCUT2D eigenvalue weighted by molar-refractivity contribution is -0.117. The Morgan fingerprint density at radius 2 is 2.20 bits per heavy atom. The number of nitrogens with zero attached hydrogens (tertiary/aromatic N) is 3. The van der Waals surface area contributed by atoms with Gasteiger partial charge in [0.2, 0.25) is 5.91 Å². The average molecular weight is 291 g/mol. The SMILES string of the molecule is O=C(CSc1nnc2ccccn12)NC(=O)NC1CC1. The van der Waals surface area contributed by atoms with Gasteiger partial charge in [-0.3, -0.25) is 14.5 Å². The highest BCUT2D eigenvalue weighted by Crippen LogP contribution is 2.18. The van der Waals surface area contributed by atoms with E-state index in [1.165, 1.54) is 11.8 Å². The number of carbonyl (C=O) groups is 2. The maximum absolute atomic E-state index is 11.6. The molecule has 2 aromatic heterocycles. The van der Waals surface area contributed by atoms with Gasteiger partial charge in [0.05, 0.1) is 5.75 Å². The summed E-state index contributed by atoms with van der Waals surface area (Å²) in [5, 5.41) is 13.6. The van der Waals surface area contributed by atoms with E-state index in [0.717, 1.165) is 18.5 Å². The summed E-state index contributed by atoms with van der Waals surface area (Å²) in [6.07, 6.45) is 3.81. The zero-order chi connectivity index (χ0) is 13.9. The van der Waals surface area contributed by atoms with E-state index in [1.54, 1.807) is 4.40 Å². The number of amides is 3. The van der Waals surface area contributed by atoms with E-state index in [-0.39, 0.29) is 17.7 Å². The van der Waals surface area contributed by atoms with Crippen molar-refractivity contribution in [2.45, 2.75) is 24.0 Å². The minimum Gasteiger partial charge on any atom is -0.335 e. The standard InChI is InChI=1S/C12H13N5O2S/c18-10(14-11(19)13-8-4-5-8)7-20-12-16-15-9-3-1-2-6-17(9)12/h1-3,6,8H,4-5,7H2,(H2,13,14,18,19). The van der Waals surface area contributed by atoms with E-state index < -0.39 is 6.03 Å². The fourth-order valence-corrected chi connectivity index (χ4v) is 2.38. The molecule has 0 atom stereocenters. The van der Waals surface area contributed by atoms with Crippen LogP contribution in [0.4, 0.5) is 4.79 Å². The van der Waals surface area contributed by atoms with E-state index in [0.29, 0.717) is 5.16 Å². The zero-order valence-corrected chi connectivity index (χ0v) is 11.4. The third-order valence-electron chi connectivity index (χ3n) is 2.78. The molecule has 2 aromatic rings. The third kappa shape index (κ3) is 3.08. The van der Waals surface area contributed by atoms with Crippen LogP contribution in [0.5, 0.6) is 0 Å². The minimum absolute atomic E-state index is 0.119. The van der Waals surface area contributed by atoms with Gasteiger partial charge in [-0.15, -0.1) is 10.2 Å². The van der Waals surface area contributed by atoms with Gasteiger partial charge in [-0.25, -0.2) is 4.79 Å². The first-order valence-corrected chi connectivity index (χ1v) is 7.24. The first-order valence-electron chi connectivity index (χ1n) is 6.25. The monoisotopic (exact) mass is 291 g/mol. The normalized spacial score (nSPS) is 14.2. The van der Waals surface area contributed by atoms with Gasteiger partial charge in [-0.2, -0.15) is 0 Å². The lowest BCUT2D eigenvalue weighted by Crippen LogP contribution is -2.41. The number of pyridine rings is 1. The summed E-state index contributed by atoms with van der Waals surface area (Å²) in [6.45, 7) is 0. The van der Waals surface area contributed by atoms with Crippen molar-refractivity contribution in [1.29, 1.82) is 0 Å². The van der Waals surface area contributed by atoms with Crippen molar-refractivity contribution in [1.82, 2.24) is 25.2 Å². The summed E-state index contributed by atoms with van der Waals surface area (Å²) in [5.41, 5.74) is 0.724. The molecule has 3 amide bonds. The third-order valence-corrected chi connectivity index (χ3v) is 3.72. The zero-order valence-electron chi connectivity index (χ0n) is 10.6. The smallest absolute Gasteiger partial charge is 0.321 e. The van der Waals surface area contributed by atoms with Gasteiger partial charge >= 0.3 is 6.03 Å². The van der Waals surface area contributed by atoms with Gasteiger partial charge in [0.15, 0.2) is 10.8 Å². The molecule has 2 heterocycles. The van der Waals surface area contributed by atoms with Crippen LogP contribution in [0.15, 0.2) is 29.6 Å². The second kappa shape index (κ2) is 5.49. The molecule has 1 saturated carbocycles. The fraction of sp³-hybridized carbons (Fsp3) is 0.333. The van der Waals surface area contributed by atoms with Crippen molar-refractivity contribution >= 4 is 29.3 Å². The molecule has 1 fully saturated rings. The van der Waals surface area contributed by atoms with Gasteiger partial charge in [0.25, 0.3) is 0 Å². The molecule has 104 valence electrons. The lowest BCUT2D eigenvalue weighted by atomic mass is 10.5. The number of hydrogen-bond donors (Lipinski definition) is 2. The predicted octanol–water partition coefficient (Wildman–Crippen LogP) is 0.810. The number of urea groups is 1. The van der Waals surface area contributed by atoms with Gasteiger partial charge < -0.3 is 5.32 Å². The van der Waals surface area contributed by atoms with Gasteiger partial charge in [0, 0.05) is 12.2 Å². The predicted molar refractivity (Wildman–Crippen MR) is 73.4 cm³/mol. The van der Waals surface area contributed by atoms with Crippen LogP contribution in [-0.4, -0.2) is 38.3 Å².